The molecule has 34 heavy (non-hydrogen) atoms. The molecule has 4 nitrogen and oxygen atoms in total. The fourth-order valence-electron chi connectivity index (χ4n) is 5.56. The highest BCUT2D eigenvalue weighted by Crippen LogP contribution is 2.57. The zero-order chi connectivity index (χ0) is 24.7. The number of carbonyl (C=O) groups excluding carboxylic acids is 1. The topological polar surface area (TPSA) is 44.8 Å². The number of esters is 1. The Morgan fingerprint density at radius 2 is 1.85 bits per heavy atom. The average molecular weight is 480 g/mol. The van der Waals surface area contributed by atoms with Crippen molar-refractivity contribution in [3.8, 4) is 5.75 Å². The number of rotatable bonds is 5. The zero-order valence-corrected chi connectivity index (χ0v) is 19.3. The predicted molar refractivity (Wildman–Crippen MR) is 117 cm³/mol. The van der Waals surface area contributed by atoms with Crippen molar-refractivity contribution in [2.24, 2.45) is 5.92 Å². The van der Waals surface area contributed by atoms with Crippen LogP contribution >= 0.6 is 0 Å². The maximum Gasteiger partial charge on any atom is 0.573 e. The maximum atomic E-state index is 13.6. The van der Waals surface area contributed by atoms with Crippen LogP contribution < -0.4 is 4.74 Å². The van der Waals surface area contributed by atoms with Crippen molar-refractivity contribution in [2.75, 3.05) is 13.7 Å². The number of hydrogen-bond acceptors (Lipinski definition) is 4. The van der Waals surface area contributed by atoms with E-state index in [9.17, 15) is 22.4 Å². The fourth-order valence-corrected chi connectivity index (χ4v) is 5.56. The van der Waals surface area contributed by atoms with Gasteiger partial charge in [-0.2, -0.15) is 0 Å². The molecule has 4 rings (SSSR count). The van der Waals surface area contributed by atoms with Crippen LogP contribution in [-0.4, -0.2) is 31.6 Å². The van der Waals surface area contributed by atoms with Crippen molar-refractivity contribution in [3.05, 3.63) is 65.0 Å². The van der Waals surface area contributed by atoms with Crippen LogP contribution in [0.3, 0.4) is 0 Å². The largest absolute Gasteiger partial charge is 0.573 e. The molecule has 8 heteroatoms. The van der Waals surface area contributed by atoms with Gasteiger partial charge in [-0.25, -0.2) is 4.39 Å². The van der Waals surface area contributed by atoms with E-state index in [-0.39, 0.29) is 30.2 Å². The third kappa shape index (κ3) is 4.78. The Balaban J connectivity index is 1.71. The van der Waals surface area contributed by atoms with Gasteiger partial charge in [0.25, 0.3) is 0 Å². The number of benzene rings is 2. The zero-order valence-electron chi connectivity index (χ0n) is 19.3. The smallest absolute Gasteiger partial charge is 0.469 e. The first kappa shape index (κ1) is 24.5. The van der Waals surface area contributed by atoms with Gasteiger partial charge in [-0.15, -0.1) is 13.2 Å². The Bertz CT molecular complexity index is 1030. The number of halogens is 4. The van der Waals surface area contributed by atoms with Gasteiger partial charge in [-0.05, 0) is 54.5 Å². The number of ether oxygens (including phenoxy) is 3. The normalized spacial score (nSPS) is 26.9. The minimum atomic E-state index is -4.81. The summed E-state index contributed by atoms with van der Waals surface area (Å²) in [6.45, 7) is 4.14. The second-order valence-electron chi connectivity index (χ2n) is 9.47. The van der Waals surface area contributed by atoms with Crippen LogP contribution in [0.4, 0.5) is 17.6 Å². The fraction of sp³-hybridized carbons (Fsp3) is 0.500. The summed E-state index contributed by atoms with van der Waals surface area (Å²) in [6, 6.07) is 10.7. The number of methoxy groups -OCH3 is 1. The molecule has 2 aromatic carbocycles. The Morgan fingerprint density at radius 1 is 1.15 bits per heavy atom. The summed E-state index contributed by atoms with van der Waals surface area (Å²) in [6.07, 6.45) is -3.34. The summed E-state index contributed by atoms with van der Waals surface area (Å²) in [5, 5.41) is 0. The van der Waals surface area contributed by atoms with Crippen molar-refractivity contribution >= 4 is 5.97 Å². The molecule has 0 unspecified atom stereocenters. The molecular weight excluding hydrogens is 452 g/mol. The first-order valence-electron chi connectivity index (χ1n) is 11.4. The summed E-state index contributed by atoms with van der Waals surface area (Å²) in [5.41, 5.74) is 1.32. The molecular formula is C26H28F4O4. The van der Waals surface area contributed by atoms with E-state index in [4.69, 9.17) is 9.47 Å². The van der Waals surface area contributed by atoms with Gasteiger partial charge >= 0.3 is 12.3 Å². The monoisotopic (exact) mass is 480 g/mol. The van der Waals surface area contributed by atoms with E-state index in [0.717, 1.165) is 11.1 Å². The first-order valence-corrected chi connectivity index (χ1v) is 11.4. The Morgan fingerprint density at radius 3 is 2.47 bits per heavy atom. The molecule has 2 fully saturated rings. The number of carbonyl (C=O) groups is 1. The molecule has 2 aromatic rings. The van der Waals surface area contributed by atoms with Gasteiger partial charge in [0.15, 0.2) is 0 Å². The van der Waals surface area contributed by atoms with Crippen molar-refractivity contribution < 1.29 is 36.6 Å². The van der Waals surface area contributed by atoms with Gasteiger partial charge < -0.3 is 14.2 Å². The second kappa shape index (κ2) is 9.21. The van der Waals surface area contributed by atoms with Crippen LogP contribution in [0, 0.1) is 11.7 Å². The van der Waals surface area contributed by atoms with E-state index in [2.05, 4.69) is 4.74 Å². The molecule has 1 saturated heterocycles. The van der Waals surface area contributed by atoms with E-state index in [1.165, 1.54) is 25.3 Å². The predicted octanol–water partition coefficient (Wildman–Crippen LogP) is 6.46. The third-order valence-electron chi connectivity index (χ3n) is 7.11. The Labute approximate surface area is 196 Å². The second-order valence-corrected chi connectivity index (χ2v) is 9.47. The molecule has 1 aliphatic heterocycles. The van der Waals surface area contributed by atoms with Gasteiger partial charge in [-0.1, -0.05) is 38.1 Å². The molecule has 0 bridgehead atoms. The minimum absolute atomic E-state index is 0.122. The summed E-state index contributed by atoms with van der Waals surface area (Å²) < 4.78 is 68.7. The third-order valence-corrected chi connectivity index (χ3v) is 7.11. The molecule has 0 aromatic heterocycles. The van der Waals surface area contributed by atoms with Crippen molar-refractivity contribution in [1.29, 1.82) is 0 Å². The summed E-state index contributed by atoms with van der Waals surface area (Å²) in [5.74, 6) is -2.11. The SMILES string of the molecule is COC(=O)[C@H]1CC[C@@]2(C[C@@H](c3cc(C(C)C)ccc3OC(F)(F)F)CO2)[C@@H]1c1ccc(F)cc1. The summed E-state index contributed by atoms with van der Waals surface area (Å²) in [7, 11) is 1.32. The van der Waals surface area contributed by atoms with Crippen LogP contribution in [0.2, 0.25) is 0 Å². The lowest BCUT2D eigenvalue weighted by atomic mass is 9.76. The summed E-state index contributed by atoms with van der Waals surface area (Å²) in [4.78, 5) is 12.6. The average Bonchev–Trinajstić information content (AvgIpc) is 3.37. The van der Waals surface area contributed by atoms with E-state index in [0.29, 0.717) is 24.8 Å². The summed E-state index contributed by atoms with van der Waals surface area (Å²) >= 11 is 0. The van der Waals surface area contributed by atoms with Gasteiger partial charge in [0, 0.05) is 17.4 Å². The molecule has 0 amide bonds. The molecule has 2 aliphatic rings. The highest BCUT2D eigenvalue weighted by molar-refractivity contribution is 5.74. The van der Waals surface area contributed by atoms with E-state index < -0.39 is 29.6 Å². The van der Waals surface area contributed by atoms with Crippen molar-refractivity contribution in [2.45, 2.75) is 62.8 Å². The van der Waals surface area contributed by atoms with Crippen LogP contribution in [-0.2, 0) is 14.3 Å². The van der Waals surface area contributed by atoms with Gasteiger partial charge in [0.2, 0.25) is 0 Å². The minimum Gasteiger partial charge on any atom is -0.469 e. The lowest BCUT2D eigenvalue weighted by molar-refractivity contribution is -0.275. The van der Waals surface area contributed by atoms with Crippen LogP contribution in [0.1, 0.15) is 67.6 Å². The molecule has 1 heterocycles. The molecule has 1 spiro atoms. The maximum absolute atomic E-state index is 13.6. The quantitative estimate of drug-likeness (QED) is 0.364. The van der Waals surface area contributed by atoms with E-state index >= 15 is 0 Å². The molecule has 1 saturated carbocycles. The standard InChI is InChI=1S/C26H28F4O4/c1-15(2)17-6-9-22(34-26(28,29)30)21(12-17)18-13-25(33-14-18)11-10-20(24(31)32-3)23(25)16-4-7-19(27)8-5-16/h4-9,12,15,18,20,23H,10-11,13-14H2,1-3H3/t18-,20+,23-,25-/m1/s1. The van der Waals surface area contributed by atoms with Gasteiger partial charge in [0.1, 0.15) is 11.6 Å². The first-order chi connectivity index (χ1) is 16.0. The van der Waals surface area contributed by atoms with Crippen LogP contribution in [0.25, 0.3) is 0 Å². The van der Waals surface area contributed by atoms with E-state index in [1.807, 2.05) is 13.8 Å². The molecule has 4 atom stereocenters. The van der Waals surface area contributed by atoms with Crippen LogP contribution in [0.5, 0.6) is 5.75 Å². The number of alkyl halides is 3. The van der Waals surface area contributed by atoms with Crippen molar-refractivity contribution in [3.63, 3.8) is 0 Å². The molecule has 1 aliphatic carbocycles. The van der Waals surface area contributed by atoms with Crippen molar-refractivity contribution in [1.82, 2.24) is 0 Å². The molecule has 0 N–H and O–H groups in total. The van der Waals surface area contributed by atoms with E-state index in [1.54, 1.807) is 24.3 Å². The molecule has 184 valence electrons. The molecule has 0 radical (unpaired) electrons. The van der Waals surface area contributed by atoms with Crippen LogP contribution in [0.15, 0.2) is 42.5 Å². The Hall–Kier alpha value is -2.61. The Kier molecular flexibility index (Phi) is 6.64. The number of hydrogen-bond donors (Lipinski definition) is 0. The highest BCUT2D eigenvalue weighted by Gasteiger charge is 2.57. The lowest BCUT2D eigenvalue weighted by Crippen LogP contribution is -2.35. The highest BCUT2D eigenvalue weighted by atomic mass is 19.4. The van der Waals surface area contributed by atoms with Gasteiger partial charge in [0.05, 0.1) is 25.2 Å². The lowest BCUT2D eigenvalue weighted by Gasteiger charge is -2.33. The van der Waals surface area contributed by atoms with Gasteiger partial charge in [-0.3, -0.25) is 4.79 Å².